The maximum Gasteiger partial charge on any atom is 0.316 e. The molecule has 0 fully saturated rings. The number of nitrogens with zero attached hydrogens (tertiary/aromatic N) is 2. The molecule has 0 saturated heterocycles. The van der Waals surface area contributed by atoms with Gasteiger partial charge in [-0.2, -0.15) is 4.98 Å². The fraction of sp³-hybridized carbons (Fsp3) is 0.111. The number of hydrogen-bond acceptors (Lipinski definition) is 4. The van der Waals surface area contributed by atoms with Crippen molar-refractivity contribution in [3.05, 3.63) is 30.7 Å². The van der Waals surface area contributed by atoms with Crippen LogP contribution in [0.25, 0.3) is 11.5 Å². The molecule has 0 aliphatic heterocycles. The van der Waals surface area contributed by atoms with Crippen LogP contribution in [-0.2, 0) is 0 Å². The third-order valence-corrected chi connectivity index (χ3v) is 1.59. The summed E-state index contributed by atoms with van der Waals surface area (Å²) in [6, 6.07) is 5.75. The van der Waals surface area contributed by atoms with Crippen molar-refractivity contribution < 1.29 is 9.15 Å². The van der Waals surface area contributed by atoms with Gasteiger partial charge in [-0.3, -0.25) is 0 Å². The van der Waals surface area contributed by atoms with Gasteiger partial charge in [0.1, 0.15) is 5.69 Å². The first-order valence-electron chi connectivity index (χ1n) is 3.81. The highest BCUT2D eigenvalue weighted by molar-refractivity contribution is 5.51. The average molecular weight is 176 g/mol. The second-order valence-electron chi connectivity index (χ2n) is 2.41. The van der Waals surface area contributed by atoms with Crippen molar-refractivity contribution >= 4 is 0 Å². The van der Waals surface area contributed by atoms with Crippen LogP contribution in [-0.4, -0.2) is 17.1 Å². The van der Waals surface area contributed by atoms with E-state index in [-0.39, 0.29) is 0 Å². The minimum atomic E-state index is 0.342. The molecule has 0 spiro atoms. The van der Waals surface area contributed by atoms with E-state index in [1.807, 2.05) is 12.1 Å². The van der Waals surface area contributed by atoms with Crippen molar-refractivity contribution in [1.29, 1.82) is 0 Å². The van der Waals surface area contributed by atoms with Gasteiger partial charge >= 0.3 is 6.01 Å². The van der Waals surface area contributed by atoms with Gasteiger partial charge in [0.05, 0.1) is 13.4 Å². The lowest BCUT2D eigenvalue weighted by Gasteiger charge is -1.98. The highest BCUT2D eigenvalue weighted by Gasteiger charge is 2.03. The fourth-order valence-electron chi connectivity index (χ4n) is 1.00. The van der Waals surface area contributed by atoms with Gasteiger partial charge in [0.25, 0.3) is 0 Å². The van der Waals surface area contributed by atoms with Crippen LogP contribution in [0, 0.1) is 0 Å². The molecule has 0 amide bonds. The average Bonchev–Trinajstić information content (AvgIpc) is 2.71. The van der Waals surface area contributed by atoms with E-state index in [1.54, 1.807) is 18.5 Å². The molecule has 0 aliphatic carbocycles. The van der Waals surface area contributed by atoms with Crippen LogP contribution < -0.4 is 4.74 Å². The molecule has 2 rings (SSSR count). The monoisotopic (exact) mass is 176 g/mol. The van der Waals surface area contributed by atoms with Gasteiger partial charge in [0.15, 0.2) is 5.76 Å². The maximum absolute atomic E-state index is 5.17. The zero-order chi connectivity index (χ0) is 9.10. The normalized spacial score (nSPS) is 9.92. The molecule has 2 aromatic rings. The van der Waals surface area contributed by atoms with E-state index in [9.17, 15) is 0 Å². The second kappa shape index (κ2) is 3.26. The standard InChI is InChI=1S/C9H8N2O2/c1-12-9-10-5-4-7(11-9)8-3-2-6-13-8/h2-6H,1H3. The number of hydrogen-bond donors (Lipinski definition) is 0. The Bertz CT molecular complexity index is 384. The first-order chi connectivity index (χ1) is 6.40. The maximum atomic E-state index is 5.17. The SMILES string of the molecule is COc1nccc(-c2ccco2)n1. The lowest BCUT2D eigenvalue weighted by atomic mass is 10.3. The van der Waals surface area contributed by atoms with E-state index in [0.717, 1.165) is 5.69 Å². The molecular formula is C9H8N2O2. The fourth-order valence-corrected chi connectivity index (χ4v) is 1.00. The topological polar surface area (TPSA) is 48.2 Å². The smallest absolute Gasteiger partial charge is 0.316 e. The summed E-state index contributed by atoms with van der Waals surface area (Å²) in [7, 11) is 1.53. The van der Waals surface area contributed by atoms with Crippen LogP contribution in [0.4, 0.5) is 0 Å². The summed E-state index contributed by atoms with van der Waals surface area (Å²) in [5.74, 6) is 0.709. The first kappa shape index (κ1) is 7.79. The van der Waals surface area contributed by atoms with E-state index >= 15 is 0 Å². The Labute approximate surface area is 75.2 Å². The molecule has 0 unspecified atom stereocenters. The molecule has 2 aromatic heterocycles. The van der Waals surface area contributed by atoms with Gasteiger partial charge in [0, 0.05) is 6.20 Å². The Morgan fingerprint density at radius 1 is 1.38 bits per heavy atom. The van der Waals surface area contributed by atoms with Crippen LogP contribution >= 0.6 is 0 Å². The van der Waals surface area contributed by atoms with Crippen LogP contribution in [0.1, 0.15) is 0 Å². The molecule has 13 heavy (non-hydrogen) atoms. The molecular weight excluding hydrogens is 168 g/mol. The van der Waals surface area contributed by atoms with Crippen molar-refractivity contribution in [2.45, 2.75) is 0 Å². The summed E-state index contributed by atoms with van der Waals surface area (Å²) in [6.45, 7) is 0. The Balaban J connectivity index is 2.41. The lowest BCUT2D eigenvalue weighted by molar-refractivity contribution is 0.380. The van der Waals surface area contributed by atoms with E-state index in [4.69, 9.17) is 9.15 Å². The van der Waals surface area contributed by atoms with Crippen molar-refractivity contribution in [2.75, 3.05) is 7.11 Å². The largest absolute Gasteiger partial charge is 0.467 e. The summed E-state index contributed by atoms with van der Waals surface area (Å²) >= 11 is 0. The Morgan fingerprint density at radius 3 is 3.00 bits per heavy atom. The van der Waals surface area contributed by atoms with Crippen molar-refractivity contribution in [3.8, 4) is 17.5 Å². The molecule has 4 heteroatoms. The third kappa shape index (κ3) is 1.51. The Hall–Kier alpha value is -1.84. The Morgan fingerprint density at radius 2 is 2.31 bits per heavy atom. The van der Waals surface area contributed by atoms with Crippen LogP contribution in [0.5, 0.6) is 6.01 Å². The van der Waals surface area contributed by atoms with Crippen molar-refractivity contribution in [1.82, 2.24) is 9.97 Å². The highest BCUT2D eigenvalue weighted by atomic mass is 16.5. The van der Waals surface area contributed by atoms with E-state index in [1.165, 1.54) is 7.11 Å². The summed E-state index contributed by atoms with van der Waals surface area (Å²) < 4.78 is 10.1. The lowest BCUT2D eigenvalue weighted by Crippen LogP contribution is -1.91. The van der Waals surface area contributed by atoms with Crippen molar-refractivity contribution in [2.24, 2.45) is 0 Å². The molecule has 0 N–H and O–H groups in total. The molecule has 0 aliphatic rings. The predicted octanol–water partition coefficient (Wildman–Crippen LogP) is 1.75. The number of furan rings is 1. The zero-order valence-corrected chi connectivity index (χ0v) is 7.10. The second-order valence-corrected chi connectivity index (χ2v) is 2.41. The number of ether oxygens (including phenoxy) is 1. The summed E-state index contributed by atoms with van der Waals surface area (Å²) in [5.41, 5.74) is 0.719. The van der Waals surface area contributed by atoms with Gasteiger partial charge < -0.3 is 9.15 Å². The summed E-state index contributed by atoms with van der Waals surface area (Å²) in [6.07, 6.45) is 3.23. The zero-order valence-electron chi connectivity index (χ0n) is 7.10. The summed E-state index contributed by atoms with van der Waals surface area (Å²) in [5, 5.41) is 0. The highest BCUT2D eigenvalue weighted by Crippen LogP contribution is 2.17. The van der Waals surface area contributed by atoms with Crippen molar-refractivity contribution in [3.63, 3.8) is 0 Å². The molecule has 0 bridgehead atoms. The minimum absolute atomic E-state index is 0.342. The summed E-state index contributed by atoms with van der Waals surface area (Å²) in [4.78, 5) is 8.00. The van der Waals surface area contributed by atoms with E-state index in [0.29, 0.717) is 11.8 Å². The number of aromatic nitrogens is 2. The molecule has 0 atom stereocenters. The first-order valence-corrected chi connectivity index (χ1v) is 3.81. The van der Waals surface area contributed by atoms with Gasteiger partial charge in [-0.25, -0.2) is 4.98 Å². The molecule has 0 saturated carbocycles. The van der Waals surface area contributed by atoms with Gasteiger partial charge in [-0.1, -0.05) is 0 Å². The Kier molecular flexibility index (Phi) is 1.96. The minimum Gasteiger partial charge on any atom is -0.467 e. The number of rotatable bonds is 2. The third-order valence-electron chi connectivity index (χ3n) is 1.59. The predicted molar refractivity (Wildman–Crippen MR) is 46.3 cm³/mol. The van der Waals surface area contributed by atoms with E-state index < -0.39 is 0 Å². The van der Waals surface area contributed by atoms with Crippen LogP contribution in [0.3, 0.4) is 0 Å². The molecule has 0 radical (unpaired) electrons. The van der Waals surface area contributed by atoms with Gasteiger partial charge in [-0.15, -0.1) is 0 Å². The molecule has 66 valence electrons. The van der Waals surface area contributed by atoms with Crippen LogP contribution in [0.15, 0.2) is 35.1 Å². The van der Waals surface area contributed by atoms with Gasteiger partial charge in [0.2, 0.25) is 0 Å². The molecule has 2 heterocycles. The van der Waals surface area contributed by atoms with Crippen LogP contribution in [0.2, 0.25) is 0 Å². The molecule has 0 aromatic carbocycles. The van der Waals surface area contributed by atoms with E-state index in [2.05, 4.69) is 9.97 Å². The molecule has 4 nitrogen and oxygen atoms in total. The van der Waals surface area contributed by atoms with Gasteiger partial charge in [-0.05, 0) is 18.2 Å². The number of methoxy groups -OCH3 is 1. The quantitative estimate of drug-likeness (QED) is 0.699.